The van der Waals surface area contributed by atoms with E-state index < -0.39 is 0 Å². The summed E-state index contributed by atoms with van der Waals surface area (Å²) >= 11 is 15.3. The Hall–Kier alpha value is -1.10. The first-order valence-corrected chi connectivity index (χ1v) is 7.87. The van der Waals surface area contributed by atoms with Gasteiger partial charge in [-0.2, -0.15) is 0 Å². The number of aryl methyl sites for hydroxylation is 1. The fraction of sp³-hybridized carbons (Fsp3) is 0.133. The molecule has 0 atom stereocenters. The third kappa shape index (κ3) is 2.22. The summed E-state index contributed by atoms with van der Waals surface area (Å²) in [5.74, 6) is 0. The Labute approximate surface area is 135 Å². The molecule has 0 spiro atoms. The van der Waals surface area contributed by atoms with E-state index in [4.69, 9.17) is 23.8 Å². The Kier molecular flexibility index (Phi) is 3.71. The maximum Gasteiger partial charge on any atom is 0.182 e. The maximum atomic E-state index is 6.36. The van der Waals surface area contributed by atoms with Gasteiger partial charge < -0.3 is 4.98 Å². The molecule has 0 aliphatic carbocycles. The molecule has 0 bridgehead atoms. The number of para-hydroxylation sites is 1. The van der Waals surface area contributed by atoms with Crippen molar-refractivity contribution in [2.24, 2.45) is 0 Å². The largest absolute Gasteiger partial charge is 0.330 e. The zero-order valence-electron chi connectivity index (χ0n) is 10.8. The molecule has 0 aliphatic rings. The van der Waals surface area contributed by atoms with E-state index in [9.17, 15) is 0 Å². The van der Waals surface area contributed by atoms with E-state index in [2.05, 4.69) is 40.0 Å². The highest BCUT2D eigenvalue weighted by molar-refractivity contribution is 9.10. The SMILES string of the molecule is CCc1cc(Br)ccc1-n1c(=S)[nH]c2cccc(Cl)c21. The summed E-state index contributed by atoms with van der Waals surface area (Å²) in [5, 5.41) is 0.694. The van der Waals surface area contributed by atoms with Crippen LogP contribution in [0.2, 0.25) is 5.02 Å². The predicted octanol–water partition coefficient (Wildman–Crippen LogP) is 5.67. The van der Waals surface area contributed by atoms with Gasteiger partial charge in [0.05, 0.1) is 21.7 Å². The summed E-state index contributed by atoms with van der Waals surface area (Å²) in [6, 6.07) is 12.0. The zero-order chi connectivity index (χ0) is 14.3. The summed E-state index contributed by atoms with van der Waals surface area (Å²) in [4.78, 5) is 3.21. The van der Waals surface area contributed by atoms with Crippen LogP contribution in [0.1, 0.15) is 12.5 Å². The van der Waals surface area contributed by atoms with Gasteiger partial charge in [0.2, 0.25) is 0 Å². The number of nitrogens with one attached hydrogen (secondary N) is 1. The van der Waals surface area contributed by atoms with E-state index in [1.807, 2.05) is 28.8 Å². The average Bonchev–Trinajstić information content (AvgIpc) is 2.76. The van der Waals surface area contributed by atoms with Crippen LogP contribution in [0.15, 0.2) is 40.9 Å². The lowest BCUT2D eigenvalue weighted by molar-refractivity contribution is 1.01. The van der Waals surface area contributed by atoms with Crippen LogP contribution in [0.3, 0.4) is 0 Å². The molecule has 0 fully saturated rings. The topological polar surface area (TPSA) is 20.7 Å². The van der Waals surface area contributed by atoms with Gasteiger partial charge in [-0.3, -0.25) is 4.57 Å². The summed E-state index contributed by atoms with van der Waals surface area (Å²) < 4.78 is 3.74. The lowest BCUT2D eigenvalue weighted by Crippen LogP contribution is -1.99. The van der Waals surface area contributed by atoms with Crippen LogP contribution in [0, 0.1) is 4.77 Å². The van der Waals surface area contributed by atoms with E-state index in [1.54, 1.807) is 0 Å². The molecule has 3 rings (SSSR count). The molecule has 1 N–H and O–H groups in total. The number of fused-ring (bicyclic) bond motifs is 1. The van der Waals surface area contributed by atoms with Gasteiger partial charge in [-0.1, -0.05) is 40.5 Å². The van der Waals surface area contributed by atoms with Crippen LogP contribution < -0.4 is 0 Å². The first-order chi connectivity index (χ1) is 9.61. The van der Waals surface area contributed by atoms with Crippen molar-refractivity contribution >= 4 is 50.8 Å². The molecular formula is C15H12BrClN2S. The molecule has 1 aromatic heterocycles. The molecule has 0 unspecified atom stereocenters. The van der Waals surface area contributed by atoms with E-state index in [0.717, 1.165) is 27.6 Å². The predicted molar refractivity (Wildman–Crippen MR) is 90.5 cm³/mol. The van der Waals surface area contributed by atoms with Crippen molar-refractivity contribution in [3.05, 3.63) is 56.2 Å². The molecule has 0 amide bonds. The van der Waals surface area contributed by atoms with Crippen LogP contribution >= 0.6 is 39.7 Å². The molecule has 0 saturated heterocycles. The minimum atomic E-state index is 0.658. The van der Waals surface area contributed by atoms with Gasteiger partial charge in [0.25, 0.3) is 0 Å². The molecule has 3 aromatic rings. The van der Waals surface area contributed by atoms with E-state index in [1.165, 1.54) is 5.56 Å². The van der Waals surface area contributed by atoms with Gasteiger partial charge in [0.15, 0.2) is 4.77 Å². The first kappa shape index (κ1) is 13.9. The molecule has 2 aromatic carbocycles. The third-order valence-electron chi connectivity index (χ3n) is 3.32. The zero-order valence-corrected chi connectivity index (χ0v) is 13.9. The minimum Gasteiger partial charge on any atom is -0.330 e. The summed E-state index contributed by atoms with van der Waals surface area (Å²) in [7, 11) is 0. The number of hydrogen-bond acceptors (Lipinski definition) is 1. The molecule has 20 heavy (non-hydrogen) atoms. The van der Waals surface area contributed by atoms with Crippen molar-refractivity contribution in [3.8, 4) is 5.69 Å². The number of aromatic nitrogens is 2. The van der Waals surface area contributed by atoms with E-state index in [0.29, 0.717) is 9.79 Å². The number of aromatic amines is 1. The highest BCUT2D eigenvalue weighted by atomic mass is 79.9. The Balaban J connectivity index is 2.41. The normalized spacial score (nSPS) is 11.2. The van der Waals surface area contributed by atoms with Gasteiger partial charge in [0.1, 0.15) is 0 Å². The van der Waals surface area contributed by atoms with Crippen molar-refractivity contribution in [2.45, 2.75) is 13.3 Å². The molecule has 5 heteroatoms. The average molecular weight is 368 g/mol. The molecular weight excluding hydrogens is 356 g/mol. The van der Waals surface area contributed by atoms with Gasteiger partial charge in [-0.15, -0.1) is 0 Å². The van der Waals surface area contributed by atoms with Crippen molar-refractivity contribution in [1.29, 1.82) is 0 Å². The number of imidazole rings is 1. The fourth-order valence-corrected chi connectivity index (χ4v) is 3.37. The minimum absolute atomic E-state index is 0.658. The van der Waals surface area contributed by atoms with Crippen LogP contribution in [-0.2, 0) is 6.42 Å². The van der Waals surface area contributed by atoms with Crippen molar-refractivity contribution in [2.75, 3.05) is 0 Å². The van der Waals surface area contributed by atoms with Crippen molar-refractivity contribution < 1.29 is 0 Å². The standard InChI is InChI=1S/C15H12BrClN2S/c1-2-9-8-10(16)6-7-13(9)19-14-11(17)4-3-5-12(14)18-15(19)20/h3-8H,2H2,1H3,(H,18,20). The number of H-pyrrole nitrogens is 1. The second-order valence-corrected chi connectivity index (χ2v) is 6.24. The fourth-order valence-electron chi connectivity index (χ4n) is 2.40. The van der Waals surface area contributed by atoms with Crippen molar-refractivity contribution in [3.63, 3.8) is 0 Å². The Bertz CT molecular complexity index is 851. The number of halogens is 2. The highest BCUT2D eigenvalue weighted by Crippen LogP contribution is 2.29. The first-order valence-electron chi connectivity index (χ1n) is 6.30. The lowest BCUT2D eigenvalue weighted by Gasteiger charge is -2.11. The van der Waals surface area contributed by atoms with Gasteiger partial charge in [-0.05, 0) is 54.5 Å². The van der Waals surface area contributed by atoms with Crippen LogP contribution in [0.25, 0.3) is 16.7 Å². The Morgan fingerprint density at radius 2 is 2.10 bits per heavy atom. The molecule has 0 aliphatic heterocycles. The van der Waals surface area contributed by atoms with Gasteiger partial charge in [0, 0.05) is 4.47 Å². The Morgan fingerprint density at radius 3 is 2.85 bits per heavy atom. The summed E-state index contributed by atoms with van der Waals surface area (Å²) in [5.41, 5.74) is 4.17. The van der Waals surface area contributed by atoms with E-state index in [-0.39, 0.29) is 0 Å². The van der Waals surface area contributed by atoms with Crippen molar-refractivity contribution in [1.82, 2.24) is 9.55 Å². The van der Waals surface area contributed by atoms with Crippen LogP contribution in [-0.4, -0.2) is 9.55 Å². The van der Waals surface area contributed by atoms with Crippen LogP contribution in [0.5, 0.6) is 0 Å². The summed E-state index contributed by atoms with van der Waals surface area (Å²) in [6.45, 7) is 2.13. The maximum absolute atomic E-state index is 6.36. The quantitative estimate of drug-likeness (QED) is 0.579. The van der Waals surface area contributed by atoms with E-state index >= 15 is 0 Å². The van der Waals surface area contributed by atoms with Gasteiger partial charge >= 0.3 is 0 Å². The molecule has 0 saturated carbocycles. The lowest BCUT2D eigenvalue weighted by atomic mass is 10.1. The smallest absolute Gasteiger partial charge is 0.182 e. The number of nitrogens with zero attached hydrogens (tertiary/aromatic N) is 1. The summed E-state index contributed by atoms with van der Waals surface area (Å²) in [6.07, 6.45) is 0.924. The second-order valence-electron chi connectivity index (χ2n) is 4.53. The van der Waals surface area contributed by atoms with Gasteiger partial charge in [-0.25, -0.2) is 0 Å². The monoisotopic (exact) mass is 366 g/mol. The Morgan fingerprint density at radius 1 is 1.30 bits per heavy atom. The third-order valence-corrected chi connectivity index (χ3v) is 4.40. The van der Waals surface area contributed by atoms with Crippen LogP contribution in [0.4, 0.5) is 0 Å². The highest BCUT2D eigenvalue weighted by Gasteiger charge is 2.12. The number of rotatable bonds is 2. The number of benzene rings is 2. The molecule has 1 heterocycles. The number of hydrogen-bond donors (Lipinski definition) is 1. The molecule has 0 radical (unpaired) electrons. The molecule has 2 nitrogen and oxygen atoms in total. The second kappa shape index (κ2) is 5.35. The molecule has 102 valence electrons.